The van der Waals surface area contributed by atoms with Gasteiger partial charge in [-0.3, -0.25) is 9.59 Å². The quantitative estimate of drug-likeness (QED) is 0.636. The van der Waals surface area contributed by atoms with Crippen molar-refractivity contribution in [3.05, 3.63) is 0 Å². The standard InChI is InChI=1S/C26H43NO5/c1-6-30-22-14-25(4)16(12-21(22)32-15(3)28)8-9-17-18-10-11-19(24(29)31-7-2)26(18,5)13-20(27)23(17)25/h16-23H,6-14,27H2,1-5H3/t16?,17-,18-,19?,20?,21?,22?,23-,25-,26-/m0/s1. The zero-order chi connectivity index (χ0) is 23.3. The molecule has 32 heavy (non-hydrogen) atoms. The summed E-state index contributed by atoms with van der Waals surface area (Å²) in [6, 6.07) is 0.0663. The van der Waals surface area contributed by atoms with Crippen molar-refractivity contribution in [2.45, 2.75) is 97.8 Å². The molecule has 5 unspecified atom stereocenters. The molecule has 4 aliphatic rings. The van der Waals surface area contributed by atoms with E-state index in [1.807, 2.05) is 13.8 Å². The minimum absolute atomic E-state index is 0.0265. The van der Waals surface area contributed by atoms with Crippen LogP contribution < -0.4 is 5.73 Å². The molecule has 0 heterocycles. The van der Waals surface area contributed by atoms with Crippen molar-refractivity contribution in [3.8, 4) is 0 Å². The Morgan fingerprint density at radius 2 is 1.72 bits per heavy atom. The highest BCUT2D eigenvalue weighted by molar-refractivity contribution is 5.74. The maximum Gasteiger partial charge on any atom is 0.309 e. The molecule has 0 aromatic rings. The Bertz CT molecular complexity index is 727. The van der Waals surface area contributed by atoms with Crippen LogP contribution in [0.4, 0.5) is 0 Å². The zero-order valence-electron chi connectivity index (χ0n) is 20.6. The summed E-state index contributed by atoms with van der Waals surface area (Å²) in [5.41, 5.74) is 7.02. The second-order valence-electron chi connectivity index (χ2n) is 11.4. The normalized spacial score (nSPS) is 47.7. The molecule has 10 atom stereocenters. The number of hydrogen-bond acceptors (Lipinski definition) is 6. The highest BCUT2D eigenvalue weighted by Crippen LogP contribution is 2.67. The van der Waals surface area contributed by atoms with Crippen molar-refractivity contribution in [3.63, 3.8) is 0 Å². The molecular formula is C26H43NO5. The van der Waals surface area contributed by atoms with Gasteiger partial charge in [-0.1, -0.05) is 13.8 Å². The summed E-state index contributed by atoms with van der Waals surface area (Å²) in [6.07, 6.45) is 6.72. The first-order valence-electron chi connectivity index (χ1n) is 12.9. The lowest BCUT2D eigenvalue weighted by molar-refractivity contribution is -0.194. The minimum atomic E-state index is -0.224. The Hall–Kier alpha value is -1.14. The van der Waals surface area contributed by atoms with E-state index in [-0.39, 0.29) is 46.9 Å². The fraction of sp³-hybridized carbons (Fsp3) is 0.923. The van der Waals surface area contributed by atoms with Crippen molar-refractivity contribution in [2.24, 2.45) is 46.2 Å². The van der Waals surface area contributed by atoms with Gasteiger partial charge in [0.2, 0.25) is 0 Å². The van der Waals surface area contributed by atoms with Gasteiger partial charge in [-0.05, 0) is 93.3 Å². The van der Waals surface area contributed by atoms with Gasteiger partial charge < -0.3 is 19.9 Å². The molecule has 4 aliphatic carbocycles. The summed E-state index contributed by atoms with van der Waals surface area (Å²) in [7, 11) is 0. The zero-order valence-corrected chi connectivity index (χ0v) is 20.6. The highest BCUT2D eigenvalue weighted by Gasteiger charge is 2.64. The number of fused-ring (bicyclic) bond motifs is 5. The lowest BCUT2D eigenvalue weighted by Gasteiger charge is -2.63. The molecule has 2 N–H and O–H groups in total. The van der Waals surface area contributed by atoms with Crippen LogP contribution in [0.15, 0.2) is 0 Å². The molecule has 182 valence electrons. The third-order valence-electron chi connectivity index (χ3n) is 9.91. The first kappa shape index (κ1) is 24.0. The molecule has 0 aliphatic heterocycles. The van der Waals surface area contributed by atoms with Crippen molar-refractivity contribution in [1.29, 1.82) is 0 Å². The van der Waals surface area contributed by atoms with Crippen LogP contribution in [-0.4, -0.2) is 43.4 Å². The van der Waals surface area contributed by atoms with E-state index in [0.29, 0.717) is 36.9 Å². The van der Waals surface area contributed by atoms with Crippen LogP contribution in [0.25, 0.3) is 0 Å². The van der Waals surface area contributed by atoms with Crippen molar-refractivity contribution in [2.75, 3.05) is 13.2 Å². The van der Waals surface area contributed by atoms with Gasteiger partial charge in [0.25, 0.3) is 0 Å². The molecule has 4 saturated carbocycles. The van der Waals surface area contributed by atoms with E-state index in [1.165, 1.54) is 6.92 Å². The SMILES string of the molecule is CCOC(=O)C1CC[C@H]2[C@@H]3CCC4CC(OC(C)=O)C(OCC)C[C@]4(C)[C@@H]3C(N)C[C@]12C. The molecule has 0 aromatic carbocycles. The molecule has 0 saturated heterocycles. The third-order valence-corrected chi connectivity index (χ3v) is 9.91. The summed E-state index contributed by atoms with van der Waals surface area (Å²) >= 11 is 0. The molecule has 4 fully saturated rings. The molecule has 0 spiro atoms. The number of carbonyl (C=O) groups is 2. The number of nitrogens with two attached hydrogens (primary N) is 1. The lowest BCUT2D eigenvalue weighted by atomic mass is 9.43. The van der Waals surface area contributed by atoms with E-state index < -0.39 is 0 Å². The van der Waals surface area contributed by atoms with E-state index in [0.717, 1.165) is 44.9 Å². The van der Waals surface area contributed by atoms with Crippen LogP contribution in [-0.2, 0) is 23.8 Å². The van der Waals surface area contributed by atoms with Crippen molar-refractivity contribution in [1.82, 2.24) is 0 Å². The number of ether oxygens (including phenoxy) is 3. The van der Waals surface area contributed by atoms with Gasteiger partial charge in [0.05, 0.1) is 18.6 Å². The summed E-state index contributed by atoms with van der Waals surface area (Å²) in [4.78, 5) is 24.5. The van der Waals surface area contributed by atoms with Crippen molar-refractivity contribution < 1.29 is 23.8 Å². The van der Waals surface area contributed by atoms with Gasteiger partial charge in [-0.2, -0.15) is 0 Å². The topological polar surface area (TPSA) is 87.8 Å². The van der Waals surface area contributed by atoms with Crippen molar-refractivity contribution >= 4 is 11.9 Å². The summed E-state index contributed by atoms with van der Waals surface area (Å²) in [5.74, 6) is 1.69. The lowest BCUT2D eigenvalue weighted by Crippen LogP contribution is -2.63. The largest absolute Gasteiger partial charge is 0.466 e. The second-order valence-corrected chi connectivity index (χ2v) is 11.4. The van der Waals surface area contributed by atoms with Crippen LogP contribution in [0.2, 0.25) is 0 Å². The molecule has 0 radical (unpaired) electrons. The maximum atomic E-state index is 12.8. The minimum Gasteiger partial charge on any atom is -0.466 e. The average Bonchev–Trinajstić information content (AvgIpc) is 3.05. The van der Waals surface area contributed by atoms with E-state index in [2.05, 4.69) is 13.8 Å². The Morgan fingerprint density at radius 3 is 2.38 bits per heavy atom. The number of rotatable bonds is 5. The molecule has 0 amide bonds. The predicted octanol–water partition coefficient (Wildman–Crippen LogP) is 4.09. The first-order valence-corrected chi connectivity index (χ1v) is 12.9. The van der Waals surface area contributed by atoms with Gasteiger partial charge >= 0.3 is 11.9 Å². The van der Waals surface area contributed by atoms with Gasteiger partial charge in [-0.25, -0.2) is 0 Å². The Kier molecular flexibility index (Phi) is 6.68. The summed E-state index contributed by atoms with van der Waals surface area (Å²) in [6.45, 7) is 11.2. The fourth-order valence-electron chi connectivity index (χ4n) is 8.85. The fourth-order valence-corrected chi connectivity index (χ4v) is 8.85. The maximum absolute atomic E-state index is 12.8. The average molecular weight is 450 g/mol. The predicted molar refractivity (Wildman–Crippen MR) is 122 cm³/mol. The van der Waals surface area contributed by atoms with E-state index in [1.54, 1.807) is 0 Å². The summed E-state index contributed by atoms with van der Waals surface area (Å²) in [5, 5.41) is 0. The van der Waals surface area contributed by atoms with E-state index in [4.69, 9.17) is 19.9 Å². The summed E-state index contributed by atoms with van der Waals surface area (Å²) < 4.78 is 17.3. The Balaban J connectivity index is 1.60. The van der Waals surface area contributed by atoms with Gasteiger partial charge in [0, 0.05) is 19.6 Å². The van der Waals surface area contributed by atoms with Gasteiger partial charge in [-0.15, -0.1) is 0 Å². The smallest absolute Gasteiger partial charge is 0.309 e. The number of esters is 2. The van der Waals surface area contributed by atoms with Gasteiger partial charge in [0.1, 0.15) is 6.10 Å². The van der Waals surface area contributed by atoms with Crippen LogP contribution >= 0.6 is 0 Å². The second kappa shape index (κ2) is 8.90. The number of hydrogen-bond donors (Lipinski definition) is 1. The molecular weight excluding hydrogens is 406 g/mol. The molecule has 0 bridgehead atoms. The van der Waals surface area contributed by atoms with Crippen LogP contribution in [0.5, 0.6) is 0 Å². The van der Waals surface area contributed by atoms with Crippen LogP contribution in [0.1, 0.15) is 79.6 Å². The van der Waals surface area contributed by atoms with E-state index in [9.17, 15) is 9.59 Å². The Morgan fingerprint density at radius 1 is 0.969 bits per heavy atom. The van der Waals surface area contributed by atoms with Crippen LogP contribution in [0.3, 0.4) is 0 Å². The Labute approximate surface area is 193 Å². The van der Waals surface area contributed by atoms with Gasteiger partial charge in [0.15, 0.2) is 0 Å². The third kappa shape index (κ3) is 3.79. The van der Waals surface area contributed by atoms with E-state index >= 15 is 0 Å². The molecule has 0 aromatic heterocycles. The highest BCUT2D eigenvalue weighted by atomic mass is 16.6. The molecule has 6 heteroatoms. The number of carbonyl (C=O) groups excluding carboxylic acids is 2. The monoisotopic (exact) mass is 449 g/mol. The van der Waals surface area contributed by atoms with Crippen LogP contribution in [0, 0.1) is 40.4 Å². The first-order chi connectivity index (χ1) is 15.2. The molecule has 6 nitrogen and oxygen atoms in total. The molecule has 4 rings (SSSR count).